The molecule has 0 N–H and O–H groups in total. The van der Waals surface area contributed by atoms with E-state index in [1.165, 1.54) is 7.11 Å². The SMILES string of the molecule is COc1coc(C(=O)N2CCCCC2COC(=O)N2CCCCC2)cc1=O. The lowest BCUT2D eigenvalue weighted by Crippen LogP contribution is -2.47. The van der Waals surface area contributed by atoms with E-state index in [-0.39, 0.29) is 36.2 Å². The lowest BCUT2D eigenvalue weighted by molar-refractivity contribution is 0.0340. The molecule has 148 valence electrons. The van der Waals surface area contributed by atoms with Gasteiger partial charge in [-0.1, -0.05) is 0 Å². The van der Waals surface area contributed by atoms with Crippen molar-refractivity contribution in [3.63, 3.8) is 0 Å². The summed E-state index contributed by atoms with van der Waals surface area (Å²) in [4.78, 5) is 40.3. The monoisotopic (exact) mass is 378 g/mol. The second-order valence-corrected chi connectivity index (χ2v) is 6.95. The highest BCUT2D eigenvalue weighted by Crippen LogP contribution is 2.21. The fraction of sp³-hybridized carbons (Fsp3) is 0.632. The Kier molecular flexibility index (Phi) is 6.36. The van der Waals surface area contributed by atoms with E-state index < -0.39 is 5.43 Å². The number of carbonyl (C=O) groups excluding carboxylic acids is 2. The van der Waals surface area contributed by atoms with Crippen LogP contribution in [0.2, 0.25) is 0 Å². The van der Waals surface area contributed by atoms with Gasteiger partial charge in [0.05, 0.1) is 13.2 Å². The van der Waals surface area contributed by atoms with Crippen LogP contribution < -0.4 is 10.2 Å². The third kappa shape index (κ3) is 4.61. The van der Waals surface area contributed by atoms with Crippen LogP contribution in [0, 0.1) is 0 Å². The van der Waals surface area contributed by atoms with E-state index in [2.05, 4.69) is 0 Å². The van der Waals surface area contributed by atoms with Crippen LogP contribution in [0.1, 0.15) is 49.1 Å². The van der Waals surface area contributed by atoms with Crippen molar-refractivity contribution in [3.8, 4) is 5.75 Å². The number of rotatable bonds is 4. The number of likely N-dealkylation sites (tertiary alicyclic amines) is 2. The Balaban J connectivity index is 1.64. The Morgan fingerprint density at radius 3 is 2.59 bits per heavy atom. The molecule has 2 saturated heterocycles. The maximum atomic E-state index is 12.8. The van der Waals surface area contributed by atoms with Crippen molar-refractivity contribution < 1.29 is 23.5 Å². The van der Waals surface area contributed by atoms with E-state index in [4.69, 9.17) is 13.9 Å². The second kappa shape index (κ2) is 8.92. The van der Waals surface area contributed by atoms with E-state index in [1.54, 1.807) is 9.80 Å². The van der Waals surface area contributed by atoms with Gasteiger partial charge in [0.1, 0.15) is 12.9 Å². The molecule has 2 aliphatic heterocycles. The van der Waals surface area contributed by atoms with Crippen molar-refractivity contribution in [1.29, 1.82) is 0 Å². The molecule has 3 rings (SSSR count). The van der Waals surface area contributed by atoms with E-state index in [9.17, 15) is 14.4 Å². The topological polar surface area (TPSA) is 89.3 Å². The van der Waals surface area contributed by atoms with E-state index in [1.807, 2.05) is 0 Å². The van der Waals surface area contributed by atoms with Crippen molar-refractivity contribution in [2.75, 3.05) is 33.4 Å². The largest absolute Gasteiger partial charge is 0.490 e. The van der Waals surface area contributed by atoms with Crippen LogP contribution in [0.15, 0.2) is 21.5 Å². The van der Waals surface area contributed by atoms with Crippen LogP contribution in [0.5, 0.6) is 5.75 Å². The summed E-state index contributed by atoms with van der Waals surface area (Å²) in [6, 6.07) is 0.930. The van der Waals surface area contributed by atoms with Gasteiger partial charge >= 0.3 is 6.09 Å². The minimum atomic E-state index is -0.405. The third-order valence-electron chi connectivity index (χ3n) is 5.13. The molecule has 0 aliphatic carbocycles. The normalized spacial score (nSPS) is 20.3. The Labute approximate surface area is 158 Å². The molecule has 0 bridgehead atoms. The zero-order valence-electron chi connectivity index (χ0n) is 15.6. The summed E-state index contributed by atoms with van der Waals surface area (Å²) in [7, 11) is 1.37. The van der Waals surface area contributed by atoms with Crippen LogP contribution >= 0.6 is 0 Å². The van der Waals surface area contributed by atoms with Crippen molar-refractivity contribution in [2.24, 2.45) is 0 Å². The fourth-order valence-electron chi connectivity index (χ4n) is 3.58. The number of ether oxygens (including phenoxy) is 2. The van der Waals surface area contributed by atoms with Gasteiger partial charge < -0.3 is 23.7 Å². The predicted octanol–water partition coefficient (Wildman–Crippen LogP) is 2.27. The fourth-order valence-corrected chi connectivity index (χ4v) is 3.58. The summed E-state index contributed by atoms with van der Waals surface area (Å²) in [5, 5.41) is 0. The van der Waals surface area contributed by atoms with E-state index in [0.29, 0.717) is 6.54 Å². The lowest BCUT2D eigenvalue weighted by atomic mass is 10.0. The minimum Gasteiger partial charge on any atom is -0.490 e. The zero-order chi connectivity index (χ0) is 19.2. The molecule has 1 unspecified atom stereocenters. The van der Waals surface area contributed by atoms with Crippen molar-refractivity contribution >= 4 is 12.0 Å². The summed E-state index contributed by atoms with van der Waals surface area (Å²) in [6.45, 7) is 2.15. The number of piperidine rings is 2. The number of hydrogen-bond acceptors (Lipinski definition) is 6. The van der Waals surface area contributed by atoms with Gasteiger partial charge in [-0.05, 0) is 38.5 Å². The predicted molar refractivity (Wildman–Crippen MR) is 97.0 cm³/mol. The number of carbonyl (C=O) groups is 2. The first-order chi connectivity index (χ1) is 13.1. The molecule has 2 fully saturated rings. The van der Waals surface area contributed by atoms with Gasteiger partial charge in [0.15, 0.2) is 5.76 Å². The molecule has 0 saturated carbocycles. The van der Waals surface area contributed by atoms with Crippen LogP contribution in [-0.2, 0) is 4.74 Å². The second-order valence-electron chi connectivity index (χ2n) is 6.95. The van der Waals surface area contributed by atoms with Gasteiger partial charge in [0.2, 0.25) is 11.2 Å². The highest BCUT2D eigenvalue weighted by molar-refractivity contribution is 5.91. The zero-order valence-corrected chi connectivity index (χ0v) is 15.6. The average molecular weight is 378 g/mol. The molecule has 2 aliphatic rings. The van der Waals surface area contributed by atoms with Crippen LogP contribution in [0.25, 0.3) is 0 Å². The first kappa shape index (κ1) is 19.3. The molecule has 0 radical (unpaired) electrons. The van der Waals surface area contributed by atoms with Crippen LogP contribution in [0.4, 0.5) is 4.79 Å². The summed E-state index contributed by atoms with van der Waals surface area (Å²) in [5.74, 6) is -0.347. The van der Waals surface area contributed by atoms with Gasteiger partial charge in [-0.2, -0.15) is 0 Å². The lowest BCUT2D eigenvalue weighted by Gasteiger charge is -2.35. The van der Waals surface area contributed by atoms with Gasteiger partial charge in [-0.15, -0.1) is 0 Å². The number of amides is 2. The molecule has 1 aromatic heterocycles. The Hall–Kier alpha value is -2.51. The van der Waals surface area contributed by atoms with Gasteiger partial charge in [-0.3, -0.25) is 9.59 Å². The minimum absolute atomic E-state index is 0.0324. The quantitative estimate of drug-likeness (QED) is 0.798. The van der Waals surface area contributed by atoms with Crippen LogP contribution in [-0.4, -0.2) is 61.2 Å². The average Bonchev–Trinajstić information content (AvgIpc) is 2.72. The summed E-state index contributed by atoms with van der Waals surface area (Å²) >= 11 is 0. The molecule has 2 amide bonds. The molecule has 3 heterocycles. The molecular formula is C19H26N2O6. The molecule has 0 aromatic carbocycles. The molecule has 27 heavy (non-hydrogen) atoms. The Bertz CT molecular complexity index is 725. The van der Waals surface area contributed by atoms with Gasteiger partial charge in [-0.25, -0.2) is 4.79 Å². The smallest absolute Gasteiger partial charge is 0.409 e. The van der Waals surface area contributed by atoms with E-state index in [0.717, 1.165) is 63.9 Å². The first-order valence-electron chi connectivity index (χ1n) is 9.49. The highest BCUT2D eigenvalue weighted by atomic mass is 16.6. The molecule has 0 spiro atoms. The molecule has 1 atom stereocenters. The maximum absolute atomic E-state index is 12.8. The maximum Gasteiger partial charge on any atom is 0.409 e. The third-order valence-corrected chi connectivity index (χ3v) is 5.13. The summed E-state index contributed by atoms with van der Waals surface area (Å²) in [6.07, 6.45) is 6.54. The number of methoxy groups -OCH3 is 1. The molecular weight excluding hydrogens is 352 g/mol. The molecule has 1 aromatic rings. The number of nitrogens with zero attached hydrogens (tertiary/aromatic N) is 2. The first-order valence-corrected chi connectivity index (χ1v) is 9.49. The summed E-state index contributed by atoms with van der Waals surface area (Å²) < 4.78 is 15.6. The highest BCUT2D eigenvalue weighted by Gasteiger charge is 2.31. The Morgan fingerprint density at radius 2 is 1.89 bits per heavy atom. The van der Waals surface area contributed by atoms with Crippen molar-refractivity contribution in [2.45, 2.75) is 44.6 Å². The van der Waals surface area contributed by atoms with Gasteiger partial charge in [0, 0.05) is 25.7 Å². The molecule has 8 heteroatoms. The standard InChI is InChI=1S/C19H26N2O6/c1-25-17-13-26-16(11-15(17)22)18(23)21-10-6-3-7-14(21)12-27-19(24)20-8-4-2-5-9-20/h11,13-14H,2-10,12H2,1H3. The molecule has 8 nitrogen and oxygen atoms in total. The Morgan fingerprint density at radius 1 is 1.15 bits per heavy atom. The van der Waals surface area contributed by atoms with Crippen molar-refractivity contribution in [3.05, 3.63) is 28.3 Å². The van der Waals surface area contributed by atoms with Crippen molar-refractivity contribution in [1.82, 2.24) is 9.80 Å². The summed E-state index contributed by atoms with van der Waals surface area (Å²) in [5.41, 5.74) is -0.405. The number of hydrogen-bond donors (Lipinski definition) is 0. The van der Waals surface area contributed by atoms with Gasteiger partial charge in [0.25, 0.3) is 5.91 Å². The van der Waals surface area contributed by atoms with E-state index >= 15 is 0 Å². The van der Waals surface area contributed by atoms with Crippen LogP contribution in [0.3, 0.4) is 0 Å².